The van der Waals surface area contributed by atoms with E-state index in [1.807, 2.05) is 19.9 Å². The summed E-state index contributed by atoms with van der Waals surface area (Å²) in [6.07, 6.45) is 1.47. The molecule has 0 saturated carbocycles. The maximum atomic E-state index is 13.0. The molecule has 1 aliphatic heterocycles. The molecule has 0 unspecified atom stereocenters. The second-order valence-corrected chi connectivity index (χ2v) is 9.96. The third-order valence-corrected chi connectivity index (χ3v) is 6.88. The summed E-state index contributed by atoms with van der Waals surface area (Å²) >= 11 is 6.04. The highest BCUT2D eigenvalue weighted by Gasteiger charge is 2.26. The third kappa shape index (κ3) is 4.60. The predicted octanol–water partition coefficient (Wildman–Crippen LogP) is 5.35. The fraction of sp³-hybridized carbons (Fsp3) is 0.208. The average molecular weight is 455 g/mol. The van der Waals surface area contributed by atoms with Crippen LogP contribution < -0.4 is 9.62 Å². The first-order chi connectivity index (χ1) is 14.7. The number of carbonyl (C=O) groups is 1. The number of hydrogen-bond acceptors (Lipinski definition) is 3. The van der Waals surface area contributed by atoms with Crippen LogP contribution in [0.3, 0.4) is 0 Å². The van der Waals surface area contributed by atoms with Crippen molar-refractivity contribution in [1.29, 1.82) is 0 Å². The zero-order valence-corrected chi connectivity index (χ0v) is 18.9. The molecule has 1 N–H and O–H groups in total. The molecule has 1 heterocycles. The number of hydrogen-bond donors (Lipinski definition) is 1. The van der Waals surface area contributed by atoms with E-state index >= 15 is 0 Å². The van der Waals surface area contributed by atoms with Crippen LogP contribution in [0, 0.1) is 13.8 Å². The number of amides is 1. The Hall–Kier alpha value is -2.83. The Balaban J connectivity index is 1.64. The molecule has 0 fully saturated rings. The summed E-state index contributed by atoms with van der Waals surface area (Å²) in [5.41, 5.74) is 4.59. The molecule has 1 aliphatic rings. The van der Waals surface area contributed by atoms with Crippen molar-refractivity contribution in [3.05, 3.63) is 87.9 Å². The van der Waals surface area contributed by atoms with Gasteiger partial charge in [0.05, 0.1) is 4.90 Å². The largest absolute Gasteiger partial charge is 0.308 e. The number of sulfonamides is 1. The fourth-order valence-electron chi connectivity index (χ4n) is 3.98. The number of carbonyl (C=O) groups excluding carboxylic acids is 1. The third-order valence-electron chi connectivity index (χ3n) is 5.27. The minimum atomic E-state index is -3.75. The van der Waals surface area contributed by atoms with Gasteiger partial charge >= 0.3 is 0 Å². The molecule has 1 amide bonds. The summed E-state index contributed by atoms with van der Waals surface area (Å²) in [7, 11) is -3.75. The first kappa shape index (κ1) is 21.4. The molecule has 3 aromatic carbocycles. The number of benzene rings is 3. The van der Waals surface area contributed by atoms with Gasteiger partial charge in [-0.3, -0.25) is 9.52 Å². The van der Waals surface area contributed by atoms with Gasteiger partial charge in [0.25, 0.3) is 15.9 Å². The van der Waals surface area contributed by atoms with Crippen LogP contribution in [0.25, 0.3) is 0 Å². The molecule has 7 heteroatoms. The van der Waals surface area contributed by atoms with E-state index < -0.39 is 10.0 Å². The highest BCUT2D eigenvalue weighted by atomic mass is 35.5. The molecule has 0 bridgehead atoms. The minimum Gasteiger partial charge on any atom is -0.308 e. The molecule has 0 radical (unpaired) electrons. The number of nitrogens with zero attached hydrogens (tertiary/aromatic N) is 1. The summed E-state index contributed by atoms with van der Waals surface area (Å²) in [5, 5.41) is 0.502. The summed E-state index contributed by atoms with van der Waals surface area (Å²) in [4.78, 5) is 14.9. The Bertz CT molecular complexity index is 1250. The Labute approximate surface area is 187 Å². The molecule has 160 valence electrons. The van der Waals surface area contributed by atoms with E-state index in [0.29, 0.717) is 29.2 Å². The van der Waals surface area contributed by atoms with Crippen LogP contribution in [0.4, 0.5) is 11.4 Å². The van der Waals surface area contributed by atoms with Crippen molar-refractivity contribution in [2.75, 3.05) is 16.2 Å². The van der Waals surface area contributed by atoms with E-state index in [9.17, 15) is 13.2 Å². The van der Waals surface area contributed by atoms with Gasteiger partial charge in [0.2, 0.25) is 0 Å². The second-order valence-electron chi connectivity index (χ2n) is 7.84. The standard InChI is InChI=1S/C24H23ClN2O3S/c1-16-11-17(2)13-21(12-16)26-31(29,30)22-8-9-23-18(15-22)6-4-10-27(23)24(28)19-5-3-7-20(25)14-19/h3,5,7-9,11-15,26H,4,6,10H2,1-2H3. The molecular weight excluding hydrogens is 432 g/mol. The number of aryl methyl sites for hydroxylation is 3. The minimum absolute atomic E-state index is 0.146. The lowest BCUT2D eigenvalue weighted by Gasteiger charge is -2.30. The SMILES string of the molecule is Cc1cc(C)cc(NS(=O)(=O)c2ccc3c(c2)CCCN3C(=O)c2cccc(Cl)c2)c1. The second kappa shape index (κ2) is 8.36. The van der Waals surface area contributed by atoms with E-state index in [-0.39, 0.29) is 10.8 Å². The smallest absolute Gasteiger partial charge is 0.261 e. The summed E-state index contributed by atoms with van der Waals surface area (Å²) < 4.78 is 28.6. The van der Waals surface area contributed by atoms with Crippen LogP contribution in [0.15, 0.2) is 65.6 Å². The highest BCUT2D eigenvalue weighted by molar-refractivity contribution is 7.92. The van der Waals surface area contributed by atoms with E-state index in [2.05, 4.69) is 4.72 Å². The average Bonchev–Trinajstić information content (AvgIpc) is 2.71. The van der Waals surface area contributed by atoms with Crippen LogP contribution in [0.1, 0.15) is 33.5 Å². The summed E-state index contributed by atoms with van der Waals surface area (Å²) in [6, 6.07) is 17.4. The Morgan fingerprint density at radius 3 is 2.45 bits per heavy atom. The van der Waals surface area contributed by atoms with E-state index in [1.54, 1.807) is 59.5 Å². The Morgan fingerprint density at radius 2 is 1.74 bits per heavy atom. The van der Waals surface area contributed by atoms with Crippen molar-refractivity contribution in [2.24, 2.45) is 0 Å². The van der Waals surface area contributed by atoms with Gasteiger partial charge in [0, 0.05) is 28.5 Å². The zero-order chi connectivity index (χ0) is 22.2. The molecule has 0 atom stereocenters. The van der Waals surface area contributed by atoms with Gasteiger partial charge in [-0.25, -0.2) is 8.42 Å². The molecule has 0 aliphatic carbocycles. The number of fused-ring (bicyclic) bond motifs is 1. The summed E-state index contributed by atoms with van der Waals surface area (Å²) in [5.74, 6) is -0.146. The van der Waals surface area contributed by atoms with Crippen LogP contribution in [-0.2, 0) is 16.4 Å². The number of anilines is 2. The van der Waals surface area contributed by atoms with Gasteiger partial charge < -0.3 is 4.90 Å². The Morgan fingerprint density at radius 1 is 1.00 bits per heavy atom. The van der Waals surface area contributed by atoms with Crippen molar-refractivity contribution in [3.8, 4) is 0 Å². The lowest BCUT2D eigenvalue weighted by atomic mass is 10.0. The van der Waals surface area contributed by atoms with Crippen LogP contribution in [0.5, 0.6) is 0 Å². The van der Waals surface area contributed by atoms with Crippen molar-refractivity contribution in [1.82, 2.24) is 0 Å². The molecule has 0 aromatic heterocycles. The highest BCUT2D eigenvalue weighted by Crippen LogP contribution is 2.31. The van der Waals surface area contributed by atoms with E-state index in [4.69, 9.17) is 11.6 Å². The van der Waals surface area contributed by atoms with Gasteiger partial charge in [0.15, 0.2) is 0 Å². The van der Waals surface area contributed by atoms with Crippen LogP contribution in [-0.4, -0.2) is 20.9 Å². The van der Waals surface area contributed by atoms with Crippen LogP contribution >= 0.6 is 11.6 Å². The predicted molar refractivity (Wildman–Crippen MR) is 125 cm³/mol. The zero-order valence-electron chi connectivity index (χ0n) is 17.4. The van der Waals surface area contributed by atoms with E-state index in [0.717, 1.165) is 28.8 Å². The monoisotopic (exact) mass is 454 g/mol. The van der Waals surface area contributed by atoms with Gasteiger partial charge in [-0.2, -0.15) is 0 Å². The molecule has 5 nitrogen and oxygen atoms in total. The quantitative estimate of drug-likeness (QED) is 0.577. The molecular formula is C24H23ClN2O3S. The topological polar surface area (TPSA) is 66.5 Å². The van der Waals surface area contributed by atoms with Crippen molar-refractivity contribution >= 4 is 38.9 Å². The lowest BCUT2D eigenvalue weighted by Crippen LogP contribution is -2.35. The van der Waals surface area contributed by atoms with Crippen molar-refractivity contribution < 1.29 is 13.2 Å². The summed E-state index contributed by atoms with van der Waals surface area (Å²) in [6.45, 7) is 4.43. The van der Waals surface area contributed by atoms with Crippen molar-refractivity contribution in [3.63, 3.8) is 0 Å². The first-order valence-electron chi connectivity index (χ1n) is 10.0. The van der Waals surface area contributed by atoms with Gasteiger partial charge in [-0.15, -0.1) is 0 Å². The number of halogens is 1. The normalized spacial score (nSPS) is 13.6. The molecule has 31 heavy (non-hydrogen) atoms. The molecule has 3 aromatic rings. The fourth-order valence-corrected chi connectivity index (χ4v) is 5.26. The van der Waals surface area contributed by atoms with Crippen LogP contribution in [0.2, 0.25) is 5.02 Å². The molecule has 0 spiro atoms. The lowest BCUT2D eigenvalue weighted by molar-refractivity contribution is 0.0985. The van der Waals surface area contributed by atoms with Gasteiger partial charge in [-0.1, -0.05) is 23.7 Å². The maximum absolute atomic E-state index is 13.0. The molecule has 0 saturated heterocycles. The maximum Gasteiger partial charge on any atom is 0.261 e. The van der Waals surface area contributed by atoms with Gasteiger partial charge in [-0.05, 0) is 91.9 Å². The van der Waals surface area contributed by atoms with E-state index in [1.165, 1.54) is 0 Å². The first-order valence-corrected chi connectivity index (χ1v) is 11.9. The number of nitrogens with one attached hydrogen (secondary N) is 1. The van der Waals surface area contributed by atoms with Gasteiger partial charge in [0.1, 0.15) is 0 Å². The van der Waals surface area contributed by atoms with Crippen molar-refractivity contribution in [2.45, 2.75) is 31.6 Å². The molecule has 4 rings (SSSR count). The number of rotatable bonds is 4. The Kier molecular flexibility index (Phi) is 5.77.